The highest BCUT2D eigenvalue weighted by Gasteiger charge is 2.11. The lowest BCUT2D eigenvalue weighted by molar-refractivity contribution is 0.407. The van der Waals surface area contributed by atoms with Gasteiger partial charge in [0.25, 0.3) is 0 Å². The molecule has 0 fully saturated rings. The molecule has 0 saturated heterocycles. The van der Waals surface area contributed by atoms with Gasteiger partial charge in [0.15, 0.2) is 0 Å². The quantitative estimate of drug-likeness (QED) is 0.900. The van der Waals surface area contributed by atoms with Crippen molar-refractivity contribution in [3.05, 3.63) is 41.7 Å². The number of aryl methyl sites for hydroxylation is 2. The Balaban J connectivity index is 2.20. The number of nitrogens with zero attached hydrogens (tertiary/aromatic N) is 2. The van der Waals surface area contributed by atoms with Crippen LogP contribution in [0.3, 0.4) is 0 Å². The molecule has 1 heterocycles. The van der Waals surface area contributed by atoms with E-state index >= 15 is 0 Å². The molecule has 1 unspecified atom stereocenters. The summed E-state index contributed by atoms with van der Waals surface area (Å²) in [5.74, 6) is 0.916. The Morgan fingerprint density at radius 1 is 1.39 bits per heavy atom. The van der Waals surface area contributed by atoms with Gasteiger partial charge in [-0.15, -0.1) is 0 Å². The van der Waals surface area contributed by atoms with Gasteiger partial charge in [0.1, 0.15) is 5.75 Å². The first-order chi connectivity index (χ1) is 8.60. The minimum absolute atomic E-state index is 0.171. The Kier molecular flexibility index (Phi) is 3.55. The minimum atomic E-state index is 0.171. The second-order valence-electron chi connectivity index (χ2n) is 4.51. The number of benzene rings is 1. The molecule has 1 atom stereocenters. The average molecular weight is 245 g/mol. The predicted molar refractivity (Wildman–Crippen MR) is 73.0 cm³/mol. The van der Waals surface area contributed by atoms with E-state index in [2.05, 4.69) is 42.5 Å². The van der Waals surface area contributed by atoms with E-state index < -0.39 is 0 Å². The number of aromatic nitrogens is 2. The van der Waals surface area contributed by atoms with E-state index in [1.807, 2.05) is 19.4 Å². The third kappa shape index (κ3) is 2.64. The topological polar surface area (TPSA) is 39.1 Å². The Bertz CT molecular complexity index is 534. The fourth-order valence-corrected chi connectivity index (χ4v) is 2.00. The van der Waals surface area contributed by atoms with Crippen molar-refractivity contribution in [1.29, 1.82) is 0 Å². The first-order valence-electron chi connectivity index (χ1n) is 6.00. The molecule has 4 nitrogen and oxygen atoms in total. The molecule has 0 aliphatic carbocycles. The van der Waals surface area contributed by atoms with Crippen LogP contribution in [0.2, 0.25) is 0 Å². The van der Waals surface area contributed by atoms with Crippen molar-refractivity contribution in [2.45, 2.75) is 19.9 Å². The number of ether oxygens (including phenoxy) is 1. The summed E-state index contributed by atoms with van der Waals surface area (Å²) in [4.78, 5) is 0. The summed E-state index contributed by atoms with van der Waals surface area (Å²) in [5.41, 5.74) is 3.35. The van der Waals surface area contributed by atoms with Crippen LogP contribution in [0.25, 0.3) is 0 Å². The van der Waals surface area contributed by atoms with Crippen LogP contribution in [-0.2, 0) is 7.05 Å². The second kappa shape index (κ2) is 5.12. The fourth-order valence-electron chi connectivity index (χ4n) is 2.00. The van der Waals surface area contributed by atoms with Crippen LogP contribution in [0.4, 0.5) is 5.69 Å². The van der Waals surface area contributed by atoms with E-state index in [0.717, 1.165) is 17.0 Å². The minimum Gasteiger partial charge on any atom is -0.496 e. The summed E-state index contributed by atoms with van der Waals surface area (Å²) in [6, 6.07) is 6.42. The smallest absolute Gasteiger partial charge is 0.124 e. The van der Waals surface area contributed by atoms with Crippen molar-refractivity contribution in [1.82, 2.24) is 9.78 Å². The molecule has 0 amide bonds. The molecule has 0 spiro atoms. The largest absolute Gasteiger partial charge is 0.496 e. The van der Waals surface area contributed by atoms with E-state index in [1.165, 1.54) is 5.56 Å². The molecule has 0 aliphatic heterocycles. The summed E-state index contributed by atoms with van der Waals surface area (Å²) in [5, 5.41) is 7.55. The third-order valence-electron chi connectivity index (χ3n) is 2.94. The van der Waals surface area contributed by atoms with Crippen LogP contribution in [0, 0.1) is 6.92 Å². The van der Waals surface area contributed by atoms with Crippen molar-refractivity contribution >= 4 is 5.69 Å². The summed E-state index contributed by atoms with van der Waals surface area (Å²) in [6.07, 6.45) is 3.77. The van der Waals surface area contributed by atoms with Gasteiger partial charge in [-0.2, -0.15) is 5.10 Å². The molecule has 18 heavy (non-hydrogen) atoms. The van der Waals surface area contributed by atoms with Crippen LogP contribution in [-0.4, -0.2) is 16.9 Å². The van der Waals surface area contributed by atoms with Gasteiger partial charge in [-0.3, -0.25) is 4.68 Å². The molecule has 2 rings (SSSR count). The van der Waals surface area contributed by atoms with E-state index in [-0.39, 0.29) is 6.04 Å². The number of anilines is 1. The lowest BCUT2D eigenvalue weighted by atomic mass is 10.0. The van der Waals surface area contributed by atoms with Gasteiger partial charge in [-0.05, 0) is 25.5 Å². The highest BCUT2D eigenvalue weighted by molar-refractivity contribution is 5.46. The van der Waals surface area contributed by atoms with Crippen LogP contribution in [0.15, 0.2) is 30.6 Å². The predicted octanol–water partition coefficient (Wildman–Crippen LogP) is 2.91. The van der Waals surface area contributed by atoms with Crippen molar-refractivity contribution in [2.24, 2.45) is 7.05 Å². The first kappa shape index (κ1) is 12.5. The van der Waals surface area contributed by atoms with Gasteiger partial charge in [-0.25, -0.2) is 0 Å². The van der Waals surface area contributed by atoms with E-state index in [4.69, 9.17) is 4.74 Å². The van der Waals surface area contributed by atoms with E-state index in [0.29, 0.717) is 0 Å². The lowest BCUT2D eigenvalue weighted by Gasteiger charge is -2.17. The van der Waals surface area contributed by atoms with Crippen molar-refractivity contribution < 1.29 is 4.74 Å². The van der Waals surface area contributed by atoms with Gasteiger partial charge < -0.3 is 10.1 Å². The summed E-state index contributed by atoms with van der Waals surface area (Å²) >= 11 is 0. The second-order valence-corrected chi connectivity index (χ2v) is 4.51. The van der Waals surface area contributed by atoms with E-state index in [9.17, 15) is 0 Å². The molecule has 96 valence electrons. The van der Waals surface area contributed by atoms with Crippen molar-refractivity contribution in [2.75, 3.05) is 12.4 Å². The van der Waals surface area contributed by atoms with Gasteiger partial charge in [-0.1, -0.05) is 12.1 Å². The third-order valence-corrected chi connectivity index (χ3v) is 2.94. The number of hydrogen-bond donors (Lipinski definition) is 1. The Labute approximate surface area is 108 Å². The number of hydrogen-bond acceptors (Lipinski definition) is 3. The average Bonchev–Trinajstić information content (AvgIpc) is 2.74. The van der Waals surface area contributed by atoms with Crippen LogP contribution < -0.4 is 10.1 Å². The van der Waals surface area contributed by atoms with E-state index in [1.54, 1.807) is 11.8 Å². The van der Waals surface area contributed by atoms with Crippen molar-refractivity contribution in [3.8, 4) is 5.75 Å². The summed E-state index contributed by atoms with van der Waals surface area (Å²) < 4.78 is 7.21. The lowest BCUT2D eigenvalue weighted by Crippen LogP contribution is -2.07. The highest BCUT2D eigenvalue weighted by Crippen LogP contribution is 2.28. The zero-order valence-electron chi connectivity index (χ0n) is 11.3. The molecule has 0 bridgehead atoms. The standard InChI is InChI=1S/C14H19N3O/c1-10-5-6-13(14(7-10)18-4)11(2)16-12-8-15-17(3)9-12/h5-9,11,16H,1-4H3. The monoisotopic (exact) mass is 245 g/mol. The summed E-state index contributed by atoms with van der Waals surface area (Å²) in [6.45, 7) is 4.17. The van der Waals surface area contributed by atoms with Crippen LogP contribution in [0.5, 0.6) is 5.75 Å². The normalized spacial score (nSPS) is 12.2. The molecule has 1 N–H and O–H groups in total. The summed E-state index contributed by atoms with van der Waals surface area (Å²) in [7, 11) is 3.61. The van der Waals surface area contributed by atoms with Gasteiger partial charge in [0.2, 0.25) is 0 Å². The zero-order chi connectivity index (χ0) is 13.1. The zero-order valence-corrected chi connectivity index (χ0v) is 11.3. The highest BCUT2D eigenvalue weighted by atomic mass is 16.5. The van der Waals surface area contributed by atoms with Crippen LogP contribution in [0.1, 0.15) is 24.1 Å². The number of methoxy groups -OCH3 is 1. The number of nitrogens with one attached hydrogen (secondary N) is 1. The Morgan fingerprint density at radius 2 is 2.17 bits per heavy atom. The molecular formula is C14H19N3O. The Hall–Kier alpha value is -1.97. The molecule has 1 aromatic carbocycles. The van der Waals surface area contributed by atoms with Gasteiger partial charge >= 0.3 is 0 Å². The molecule has 2 aromatic rings. The van der Waals surface area contributed by atoms with Crippen LogP contribution >= 0.6 is 0 Å². The maximum absolute atomic E-state index is 5.43. The molecular weight excluding hydrogens is 226 g/mol. The fraction of sp³-hybridized carbons (Fsp3) is 0.357. The molecule has 0 saturated carbocycles. The maximum Gasteiger partial charge on any atom is 0.124 e. The molecule has 4 heteroatoms. The van der Waals surface area contributed by atoms with Crippen molar-refractivity contribution in [3.63, 3.8) is 0 Å². The Morgan fingerprint density at radius 3 is 2.78 bits per heavy atom. The molecule has 0 radical (unpaired) electrons. The number of rotatable bonds is 4. The SMILES string of the molecule is COc1cc(C)ccc1C(C)Nc1cnn(C)c1. The van der Waals surface area contributed by atoms with Gasteiger partial charge in [0.05, 0.1) is 25.0 Å². The maximum atomic E-state index is 5.43. The molecule has 1 aromatic heterocycles. The molecule has 0 aliphatic rings. The van der Waals surface area contributed by atoms with Gasteiger partial charge in [0, 0.05) is 18.8 Å². The first-order valence-corrected chi connectivity index (χ1v) is 6.00.